The summed E-state index contributed by atoms with van der Waals surface area (Å²) in [5, 5.41) is 0. The van der Waals surface area contributed by atoms with Crippen molar-refractivity contribution >= 4 is 11.0 Å². The molecule has 0 fully saturated rings. The standard InChI is InChI=1S/C8H4F4N2O/c9-6-5(15-8(10,11)12)2-1-4-7(6)14-3-13-4/h1-3H,(H,13,14). The first-order chi connectivity index (χ1) is 6.97. The highest BCUT2D eigenvalue weighted by atomic mass is 19.4. The number of benzene rings is 1. The Labute approximate surface area is 80.7 Å². The number of nitrogens with one attached hydrogen (secondary N) is 1. The monoisotopic (exact) mass is 220 g/mol. The van der Waals surface area contributed by atoms with E-state index in [1.165, 1.54) is 12.4 Å². The van der Waals surface area contributed by atoms with Gasteiger partial charge in [-0.2, -0.15) is 0 Å². The van der Waals surface area contributed by atoms with Gasteiger partial charge in [0.15, 0.2) is 11.6 Å². The SMILES string of the molecule is Fc1c(OC(F)(F)F)ccc2[nH]cnc12. The topological polar surface area (TPSA) is 37.9 Å². The van der Waals surface area contributed by atoms with E-state index in [0.717, 1.165) is 6.07 Å². The van der Waals surface area contributed by atoms with Crippen LogP contribution in [-0.2, 0) is 0 Å². The first-order valence-electron chi connectivity index (χ1n) is 3.85. The summed E-state index contributed by atoms with van der Waals surface area (Å²) in [6, 6.07) is 2.15. The number of ether oxygens (including phenoxy) is 1. The van der Waals surface area contributed by atoms with E-state index in [2.05, 4.69) is 14.7 Å². The number of aromatic nitrogens is 2. The number of hydrogen-bond acceptors (Lipinski definition) is 2. The molecule has 0 bridgehead atoms. The molecule has 0 saturated carbocycles. The number of hydrogen-bond donors (Lipinski definition) is 1. The molecule has 1 N–H and O–H groups in total. The zero-order valence-electron chi connectivity index (χ0n) is 7.10. The van der Waals surface area contributed by atoms with Crippen molar-refractivity contribution in [3.8, 4) is 5.75 Å². The third kappa shape index (κ3) is 1.85. The minimum atomic E-state index is -4.91. The molecule has 0 amide bonds. The van der Waals surface area contributed by atoms with Crippen molar-refractivity contribution in [3.63, 3.8) is 0 Å². The Morgan fingerprint density at radius 1 is 1.27 bits per heavy atom. The van der Waals surface area contributed by atoms with E-state index in [0.29, 0.717) is 5.52 Å². The molecule has 3 nitrogen and oxygen atoms in total. The summed E-state index contributed by atoms with van der Waals surface area (Å²) in [5.41, 5.74) is 0.124. The van der Waals surface area contributed by atoms with Gasteiger partial charge in [0.2, 0.25) is 0 Å². The normalized spacial score (nSPS) is 12.0. The van der Waals surface area contributed by atoms with Crippen LogP contribution >= 0.6 is 0 Å². The van der Waals surface area contributed by atoms with Crippen LogP contribution in [0.3, 0.4) is 0 Å². The Balaban J connectivity index is 2.48. The Kier molecular flexibility index (Phi) is 2.02. The van der Waals surface area contributed by atoms with Crippen LogP contribution in [0.4, 0.5) is 17.6 Å². The smallest absolute Gasteiger partial charge is 0.403 e. The molecule has 0 aliphatic carbocycles. The van der Waals surface area contributed by atoms with Crippen LogP contribution in [-0.4, -0.2) is 16.3 Å². The Hall–Kier alpha value is -1.79. The molecule has 0 saturated heterocycles. The van der Waals surface area contributed by atoms with Crippen LogP contribution in [0, 0.1) is 5.82 Å². The minimum Gasteiger partial charge on any atom is -0.403 e. The van der Waals surface area contributed by atoms with Crippen molar-refractivity contribution in [1.29, 1.82) is 0 Å². The summed E-state index contributed by atoms with van der Waals surface area (Å²) in [6.45, 7) is 0. The fraction of sp³-hybridized carbons (Fsp3) is 0.125. The molecule has 2 rings (SSSR count). The largest absolute Gasteiger partial charge is 0.573 e. The number of fused-ring (bicyclic) bond motifs is 1. The molecule has 0 aliphatic heterocycles. The summed E-state index contributed by atoms with van der Waals surface area (Å²) in [6.07, 6.45) is -3.73. The number of H-pyrrole nitrogens is 1. The van der Waals surface area contributed by atoms with E-state index in [-0.39, 0.29) is 5.52 Å². The number of alkyl halides is 3. The molecule has 2 aromatic rings. The van der Waals surface area contributed by atoms with Crippen LogP contribution < -0.4 is 4.74 Å². The maximum absolute atomic E-state index is 13.3. The molecule has 0 unspecified atom stereocenters. The predicted octanol–water partition coefficient (Wildman–Crippen LogP) is 2.60. The number of imidazole rings is 1. The van der Waals surface area contributed by atoms with Gasteiger partial charge in [-0.1, -0.05) is 0 Å². The molecule has 1 aromatic carbocycles. The Morgan fingerprint density at radius 3 is 2.67 bits per heavy atom. The zero-order valence-corrected chi connectivity index (χ0v) is 7.10. The molecule has 0 atom stereocenters. The van der Waals surface area contributed by atoms with E-state index in [1.54, 1.807) is 0 Å². The molecule has 0 radical (unpaired) electrons. The summed E-state index contributed by atoms with van der Waals surface area (Å²) in [7, 11) is 0. The van der Waals surface area contributed by atoms with E-state index in [1.807, 2.05) is 0 Å². The van der Waals surface area contributed by atoms with Gasteiger partial charge in [-0.25, -0.2) is 9.37 Å². The van der Waals surface area contributed by atoms with Crippen LogP contribution in [0.25, 0.3) is 11.0 Å². The van der Waals surface area contributed by atoms with Gasteiger partial charge in [-0.15, -0.1) is 13.2 Å². The van der Waals surface area contributed by atoms with E-state index >= 15 is 0 Å². The third-order valence-electron chi connectivity index (χ3n) is 1.72. The van der Waals surface area contributed by atoms with Crippen molar-refractivity contribution in [1.82, 2.24) is 9.97 Å². The number of aromatic amines is 1. The van der Waals surface area contributed by atoms with Crippen LogP contribution in [0.15, 0.2) is 18.5 Å². The van der Waals surface area contributed by atoms with E-state index in [4.69, 9.17) is 0 Å². The van der Waals surface area contributed by atoms with Crippen molar-refractivity contribution in [2.45, 2.75) is 6.36 Å². The van der Waals surface area contributed by atoms with Gasteiger partial charge in [0, 0.05) is 0 Å². The van der Waals surface area contributed by atoms with Gasteiger partial charge >= 0.3 is 6.36 Å². The summed E-state index contributed by atoms with van der Waals surface area (Å²) in [4.78, 5) is 6.09. The minimum absolute atomic E-state index is 0.184. The Bertz CT molecular complexity index is 491. The predicted molar refractivity (Wildman–Crippen MR) is 42.7 cm³/mol. The first kappa shape index (κ1) is 9.75. The highest BCUT2D eigenvalue weighted by Gasteiger charge is 2.32. The van der Waals surface area contributed by atoms with E-state index < -0.39 is 17.9 Å². The highest BCUT2D eigenvalue weighted by Crippen LogP contribution is 2.28. The average molecular weight is 220 g/mol. The van der Waals surface area contributed by atoms with E-state index in [9.17, 15) is 17.6 Å². The van der Waals surface area contributed by atoms with Crippen LogP contribution in [0.2, 0.25) is 0 Å². The average Bonchev–Trinajstić information content (AvgIpc) is 2.56. The molecular formula is C8H4F4N2O. The lowest BCUT2D eigenvalue weighted by atomic mass is 10.3. The maximum Gasteiger partial charge on any atom is 0.573 e. The lowest BCUT2D eigenvalue weighted by Gasteiger charge is -2.09. The van der Waals surface area contributed by atoms with Gasteiger partial charge < -0.3 is 9.72 Å². The molecular weight excluding hydrogens is 216 g/mol. The number of rotatable bonds is 1. The fourth-order valence-corrected chi connectivity index (χ4v) is 1.16. The molecule has 1 heterocycles. The lowest BCUT2D eigenvalue weighted by Crippen LogP contribution is -2.17. The first-order valence-corrected chi connectivity index (χ1v) is 3.85. The molecule has 0 aliphatic rings. The molecule has 80 valence electrons. The number of halogens is 4. The Morgan fingerprint density at radius 2 is 2.00 bits per heavy atom. The van der Waals surface area contributed by atoms with Crippen LogP contribution in [0.1, 0.15) is 0 Å². The second-order valence-corrected chi connectivity index (χ2v) is 2.72. The maximum atomic E-state index is 13.3. The van der Waals surface area contributed by atoms with Crippen molar-refractivity contribution in [3.05, 3.63) is 24.3 Å². The van der Waals surface area contributed by atoms with Crippen molar-refractivity contribution < 1.29 is 22.3 Å². The van der Waals surface area contributed by atoms with Crippen molar-refractivity contribution in [2.24, 2.45) is 0 Å². The van der Waals surface area contributed by atoms with Gasteiger partial charge in [0.05, 0.1) is 11.8 Å². The quantitative estimate of drug-likeness (QED) is 0.750. The molecule has 1 aromatic heterocycles. The highest BCUT2D eigenvalue weighted by molar-refractivity contribution is 5.76. The summed E-state index contributed by atoms with van der Waals surface area (Å²) in [5.74, 6) is -2.02. The fourth-order valence-electron chi connectivity index (χ4n) is 1.16. The molecule has 0 spiro atoms. The van der Waals surface area contributed by atoms with Gasteiger partial charge in [0.1, 0.15) is 5.52 Å². The second-order valence-electron chi connectivity index (χ2n) is 2.72. The van der Waals surface area contributed by atoms with Gasteiger partial charge in [-0.05, 0) is 12.1 Å². The van der Waals surface area contributed by atoms with Gasteiger partial charge in [0.25, 0.3) is 0 Å². The lowest BCUT2D eigenvalue weighted by molar-refractivity contribution is -0.275. The zero-order chi connectivity index (χ0) is 11.1. The van der Waals surface area contributed by atoms with Gasteiger partial charge in [-0.3, -0.25) is 0 Å². The molecule has 15 heavy (non-hydrogen) atoms. The number of nitrogens with zero attached hydrogens (tertiary/aromatic N) is 1. The summed E-state index contributed by atoms with van der Waals surface area (Å²) >= 11 is 0. The van der Waals surface area contributed by atoms with Crippen LogP contribution in [0.5, 0.6) is 5.75 Å². The second kappa shape index (κ2) is 3.11. The molecule has 7 heteroatoms. The summed E-state index contributed by atoms with van der Waals surface area (Å²) < 4.78 is 52.3. The van der Waals surface area contributed by atoms with Crippen molar-refractivity contribution in [2.75, 3.05) is 0 Å². The third-order valence-corrected chi connectivity index (χ3v) is 1.72.